The summed E-state index contributed by atoms with van der Waals surface area (Å²) < 4.78 is 25.1. The third-order valence-electron chi connectivity index (χ3n) is 4.70. The standard InChI is InChI=1S/C20H21N5O3S2/c1-30(27,28)25-15-9-7-13(8-10-15)17-12-29-20(22-17)23-19(26)16-11-21-24-18(16)14-5-3-2-4-6-14/h2-10,12,16,18,21,24-25H,11H2,1H3,(H,22,23,26). The Hall–Kier alpha value is -2.79. The van der Waals surface area contributed by atoms with Gasteiger partial charge in [0, 0.05) is 23.2 Å². The van der Waals surface area contributed by atoms with Crippen molar-refractivity contribution in [3.63, 3.8) is 0 Å². The second kappa shape index (κ2) is 8.52. The normalized spacial score (nSPS) is 18.8. The molecule has 2 aromatic carbocycles. The van der Waals surface area contributed by atoms with Gasteiger partial charge in [-0.1, -0.05) is 42.5 Å². The number of carbonyl (C=O) groups is 1. The highest BCUT2D eigenvalue weighted by molar-refractivity contribution is 7.92. The molecule has 1 aromatic heterocycles. The Morgan fingerprint density at radius 2 is 1.87 bits per heavy atom. The summed E-state index contributed by atoms with van der Waals surface area (Å²) in [5.74, 6) is -0.365. The van der Waals surface area contributed by atoms with Crippen LogP contribution in [-0.4, -0.2) is 32.1 Å². The predicted molar refractivity (Wildman–Crippen MR) is 118 cm³/mol. The summed E-state index contributed by atoms with van der Waals surface area (Å²) in [6.07, 6.45) is 1.11. The second-order valence-corrected chi connectivity index (χ2v) is 9.61. The maximum Gasteiger partial charge on any atom is 0.232 e. The summed E-state index contributed by atoms with van der Waals surface area (Å²) in [5, 5.41) is 5.29. The van der Waals surface area contributed by atoms with Crippen LogP contribution in [0.25, 0.3) is 11.3 Å². The number of carbonyl (C=O) groups excluding carboxylic acids is 1. The molecule has 156 valence electrons. The third-order valence-corrected chi connectivity index (χ3v) is 6.06. The first-order chi connectivity index (χ1) is 14.4. The molecule has 2 unspecified atom stereocenters. The number of benzene rings is 2. The van der Waals surface area contributed by atoms with Crippen molar-refractivity contribution in [3.05, 3.63) is 65.5 Å². The molecule has 0 aliphatic carbocycles. The Morgan fingerprint density at radius 3 is 2.57 bits per heavy atom. The lowest BCUT2D eigenvalue weighted by atomic mass is 9.94. The topological polar surface area (TPSA) is 112 Å². The highest BCUT2D eigenvalue weighted by Crippen LogP contribution is 2.29. The first-order valence-corrected chi connectivity index (χ1v) is 12.0. The molecule has 4 rings (SSSR count). The van der Waals surface area contributed by atoms with E-state index in [4.69, 9.17) is 0 Å². The molecule has 4 N–H and O–H groups in total. The summed E-state index contributed by atoms with van der Waals surface area (Å²) in [5.41, 5.74) is 9.30. The lowest BCUT2D eigenvalue weighted by Crippen LogP contribution is -2.29. The average Bonchev–Trinajstić information content (AvgIpc) is 3.38. The minimum atomic E-state index is -3.32. The molecule has 1 fully saturated rings. The highest BCUT2D eigenvalue weighted by Gasteiger charge is 2.34. The van der Waals surface area contributed by atoms with E-state index in [0.29, 0.717) is 23.1 Å². The van der Waals surface area contributed by atoms with Crippen molar-refractivity contribution in [2.45, 2.75) is 6.04 Å². The second-order valence-electron chi connectivity index (χ2n) is 7.00. The van der Waals surface area contributed by atoms with E-state index < -0.39 is 10.0 Å². The van der Waals surface area contributed by atoms with Crippen molar-refractivity contribution >= 4 is 38.1 Å². The van der Waals surface area contributed by atoms with Gasteiger partial charge in [0.15, 0.2) is 5.13 Å². The average molecular weight is 444 g/mol. The van der Waals surface area contributed by atoms with Gasteiger partial charge in [0.25, 0.3) is 0 Å². The zero-order valence-corrected chi connectivity index (χ0v) is 17.8. The lowest BCUT2D eigenvalue weighted by molar-refractivity contribution is -0.119. The number of anilines is 2. The fourth-order valence-corrected chi connectivity index (χ4v) is 4.59. The minimum Gasteiger partial charge on any atom is -0.302 e. The molecule has 10 heteroatoms. The first kappa shape index (κ1) is 20.5. The number of rotatable bonds is 6. The molecule has 3 aromatic rings. The molecule has 2 atom stereocenters. The van der Waals surface area contributed by atoms with Crippen molar-refractivity contribution in [2.75, 3.05) is 22.8 Å². The van der Waals surface area contributed by atoms with Gasteiger partial charge in [-0.2, -0.15) is 0 Å². The van der Waals surface area contributed by atoms with Gasteiger partial charge >= 0.3 is 0 Å². The van der Waals surface area contributed by atoms with Crippen molar-refractivity contribution in [1.29, 1.82) is 0 Å². The van der Waals surface area contributed by atoms with Gasteiger partial charge in [0.05, 0.1) is 23.9 Å². The summed E-state index contributed by atoms with van der Waals surface area (Å²) in [6, 6.07) is 16.6. The monoisotopic (exact) mass is 443 g/mol. The molecule has 2 heterocycles. The molecular formula is C20H21N5O3S2. The molecule has 1 aliphatic rings. The molecule has 1 aliphatic heterocycles. The quantitative estimate of drug-likeness (QED) is 0.466. The molecule has 0 spiro atoms. The van der Waals surface area contributed by atoms with E-state index in [2.05, 4.69) is 25.9 Å². The molecule has 30 heavy (non-hydrogen) atoms. The summed E-state index contributed by atoms with van der Waals surface area (Å²) in [4.78, 5) is 17.3. The summed E-state index contributed by atoms with van der Waals surface area (Å²) in [6.45, 7) is 0.526. The molecule has 0 radical (unpaired) electrons. The molecule has 0 saturated carbocycles. The number of hydrogen-bond donors (Lipinski definition) is 4. The van der Waals surface area contributed by atoms with Crippen LogP contribution in [0.1, 0.15) is 11.6 Å². The van der Waals surface area contributed by atoms with Crippen molar-refractivity contribution in [1.82, 2.24) is 15.8 Å². The molecule has 1 saturated heterocycles. The summed E-state index contributed by atoms with van der Waals surface area (Å²) in [7, 11) is -3.32. The number of amides is 1. The molecule has 8 nitrogen and oxygen atoms in total. The number of nitrogens with one attached hydrogen (secondary N) is 4. The highest BCUT2D eigenvalue weighted by atomic mass is 32.2. The molecule has 0 bridgehead atoms. The van der Waals surface area contributed by atoms with Crippen LogP contribution in [0.2, 0.25) is 0 Å². The zero-order valence-electron chi connectivity index (χ0n) is 16.1. The van der Waals surface area contributed by atoms with Gasteiger partial charge in [-0.25, -0.2) is 18.8 Å². The minimum absolute atomic E-state index is 0.102. The Labute approximate surface area is 178 Å². The van der Waals surface area contributed by atoms with E-state index in [-0.39, 0.29) is 17.9 Å². The summed E-state index contributed by atoms with van der Waals surface area (Å²) >= 11 is 1.35. The fraction of sp³-hybridized carbons (Fsp3) is 0.200. The van der Waals surface area contributed by atoms with Gasteiger partial charge < -0.3 is 5.32 Å². The third kappa shape index (κ3) is 4.85. The number of thiazole rings is 1. The van der Waals surface area contributed by atoms with E-state index in [9.17, 15) is 13.2 Å². The van der Waals surface area contributed by atoms with Gasteiger partial charge in [-0.05, 0) is 17.7 Å². The maximum atomic E-state index is 12.8. The first-order valence-electron chi connectivity index (χ1n) is 9.27. The van der Waals surface area contributed by atoms with E-state index in [1.165, 1.54) is 11.3 Å². The Balaban J connectivity index is 1.43. The number of hydrazine groups is 1. The number of aromatic nitrogens is 1. The van der Waals surface area contributed by atoms with Gasteiger partial charge in [0.1, 0.15) is 0 Å². The van der Waals surface area contributed by atoms with Gasteiger partial charge in [0.2, 0.25) is 15.9 Å². The largest absolute Gasteiger partial charge is 0.302 e. The van der Waals surface area contributed by atoms with Crippen LogP contribution in [0, 0.1) is 5.92 Å². The van der Waals surface area contributed by atoms with Gasteiger partial charge in [-0.3, -0.25) is 14.9 Å². The van der Waals surface area contributed by atoms with Gasteiger partial charge in [-0.15, -0.1) is 11.3 Å². The lowest BCUT2D eigenvalue weighted by Gasteiger charge is -2.17. The van der Waals surface area contributed by atoms with E-state index in [0.717, 1.165) is 17.4 Å². The SMILES string of the molecule is CS(=O)(=O)Nc1ccc(-c2csc(NC(=O)C3CNNC3c3ccccc3)n2)cc1. The van der Waals surface area contributed by atoms with E-state index in [1.54, 1.807) is 24.3 Å². The number of sulfonamides is 1. The Bertz CT molecular complexity index is 1130. The van der Waals surface area contributed by atoms with Crippen LogP contribution in [0.15, 0.2) is 60.0 Å². The van der Waals surface area contributed by atoms with E-state index >= 15 is 0 Å². The van der Waals surface area contributed by atoms with Crippen LogP contribution < -0.4 is 20.9 Å². The smallest absolute Gasteiger partial charge is 0.232 e. The van der Waals surface area contributed by atoms with Crippen LogP contribution in [-0.2, 0) is 14.8 Å². The van der Waals surface area contributed by atoms with Crippen molar-refractivity contribution < 1.29 is 13.2 Å². The van der Waals surface area contributed by atoms with Crippen molar-refractivity contribution in [2.24, 2.45) is 5.92 Å². The zero-order chi connectivity index (χ0) is 21.1. The number of hydrogen-bond acceptors (Lipinski definition) is 7. The van der Waals surface area contributed by atoms with E-state index in [1.807, 2.05) is 35.7 Å². The fourth-order valence-electron chi connectivity index (χ4n) is 3.30. The Morgan fingerprint density at radius 1 is 1.13 bits per heavy atom. The van der Waals surface area contributed by atoms with Crippen LogP contribution >= 0.6 is 11.3 Å². The molecule has 1 amide bonds. The van der Waals surface area contributed by atoms with Crippen LogP contribution in [0.5, 0.6) is 0 Å². The van der Waals surface area contributed by atoms with Crippen molar-refractivity contribution in [3.8, 4) is 11.3 Å². The van der Waals surface area contributed by atoms with Crippen LogP contribution in [0.3, 0.4) is 0 Å². The molecular weight excluding hydrogens is 422 g/mol. The Kier molecular flexibility index (Phi) is 5.82. The number of nitrogens with zero attached hydrogens (tertiary/aromatic N) is 1. The van der Waals surface area contributed by atoms with Crippen LogP contribution in [0.4, 0.5) is 10.8 Å². The predicted octanol–water partition coefficient (Wildman–Crippen LogP) is 2.59. The maximum absolute atomic E-state index is 12.8.